The Morgan fingerprint density at radius 1 is 1.43 bits per heavy atom. The standard InChI is InChI=1S/C18H22N4O4S2/c1-9-12(6-26-11(3)23)7-28-18-15(17(25)22(9)18)21(5)16(24)14(19-4)13-8-27-10(2)20-13/h8,15,18H,6-7H2,1-5H3/t15-,18-/m1/s1. The molecule has 0 bridgehead atoms. The Labute approximate surface area is 171 Å². The quantitative estimate of drug-likeness (QED) is 0.405. The molecule has 2 amide bonds. The van der Waals surface area contributed by atoms with E-state index in [-0.39, 0.29) is 35.5 Å². The topological polar surface area (TPSA) is 92.2 Å². The molecular weight excluding hydrogens is 400 g/mol. The van der Waals surface area contributed by atoms with Crippen molar-refractivity contribution in [2.24, 2.45) is 4.99 Å². The number of aromatic nitrogens is 1. The van der Waals surface area contributed by atoms with Gasteiger partial charge in [-0.1, -0.05) is 0 Å². The van der Waals surface area contributed by atoms with Crippen LogP contribution in [-0.4, -0.2) is 76.1 Å². The van der Waals surface area contributed by atoms with Gasteiger partial charge in [0.05, 0.1) is 5.01 Å². The van der Waals surface area contributed by atoms with Crippen LogP contribution >= 0.6 is 23.1 Å². The van der Waals surface area contributed by atoms with E-state index >= 15 is 0 Å². The number of ether oxygens (including phenoxy) is 1. The van der Waals surface area contributed by atoms with Crippen LogP contribution in [0.15, 0.2) is 21.6 Å². The average Bonchev–Trinajstić information content (AvgIpc) is 3.06. The zero-order chi connectivity index (χ0) is 20.6. The Hall–Kier alpha value is -2.20. The number of fused-ring (bicyclic) bond motifs is 1. The van der Waals surface area contributed by atoms with Crippen LogP contribution in [0, 0.1) is 6.92 Å². The number of aliphatic imine (C=N–C) groups is 1. The summed E-state index contributed by atoms with van der Waals surface area (Å²) in [4.78, 5) is 48.4. The number of β-lactam (4-membered cyclic amide) rings is 1. The summed E-state index contributed by atoms with van der Waals surface area (Å²) in [7, 11) is 3.18. The summed E-state index contributed by atoms with van der Waals surface area (Å²) < 4.78 is 5.07. The minimum atomic E-state index is -0.556. The second kappa shape index (κ2) is 8.04. The number of allylic oxidation sites excluding steroid dienone is 1. The van der Waals surface area contributed by atoms with Crippen LogP contribution in [0.1, 0.15) is 24.5 Å². The summed E-state index contributed by atoms with van der Waals surface area (Å²) in [5, 5.41) is 2.49. The monoisotopic (exact) mass is 422 g/mol. The summed E-state index contributed by atoms with van der Waals surface area (Å²) >= 11 is 3.01. The molecule has 1 fully saturated rings. The van der Waals surface area contributed by atoms with Gasteiger partial charge in [0.1, 0.15) is 29.4 Å². The third-order valence-corrected chi connectivity index (χ3v) is 6.89. The van der Waals surface area contributed by atoms with Gasteiger partial charge in [0.25, 0.3) is 11.8 Å². The van der Waals surface area contributed by atoms with Crippen molar-refractivity contribution in [1.82, 2.24) is 14.8 Å². The van der Waals surface area contributed by atoms with Crippen molar-refractivity contribution in [3.63, 3.8) is 0 Å². The smallest absolute Gasteiger partial charge is 0.302 e. The van der Waals surface area contributed by atoms with Gasteiger partial charge < -0.3 is 9.64 Å². The molecule has 0 spiro atoms. The molecule has 2 aliphatic heterocycles. The van der Waals surface area contributed by atoms with E-state index < -0.39 is 6.04 Å². The molecule has 3 heterocycles. The minimum Gasteiger partial charge on any atom is -0.461 e. The zero-order valence-corrected chi connectivity index (χ0v) is 18.0. The first-order chi connectivity index (χ1) is 13.3. The lowest BCUT2D eigenvalue weighted by atomic mass is 10.0. The molecule has 0 N–H and O–H groups in total. The van der Waals surface area contributed by atoms with E-state index in [2.05, 4.69) is 9.98 Å². The maximum atomic E-state index is 13.0. The van der Waals surface area contributed by atoms with Crippen LogP contribution in [0.2, 0.25) is 0 Å². The highest BCUT2D eigenvalue weighted by molar-refractivity contribution is 8.00. The summed E-state index contributed by atoms with van der Waals surface area (Å²) in [5.74, 6) is -0.171. The highest BCUT2D eigenvalue weighted by Gasteiger charge is 2.54. The van der Waals surface area contributed by atoms with Gasteiger partial charge in [0.2, 0.25) is 0 Å². The number of hydrogen-bond donors (Lipinski definition) is 0. The first-order valence-corrected chi connectivity index (χ1v) is 10.6. The van der Waals surface area contributed by atoms with Crippen molar-refractivity contribution < 1.29 is 19.1 Å². The number of thiazole rings is 1. The molecule has 150 valence electrons. The highest BCUT2D eigenvalue weighted by Crippen LogP contribution is 2.42. The molecule has 8 nitrogen and oxygen atoms in total. The van der Waals surface area contributed by atoms with Gasteiger partial charge in [0, 0.05) is 37.8 Å². The van der Waals surface area contributed by atoms with E-state index in [0.29, 0.717) is 11.4 Å². The summed E-state index contributed by atoms with van der Waals surface area (Å²) in [6.07, 6.45) is 0. The Kier molecular flexibility index (Phi) is 5.90. The number of likely N-dealkylation sites (N-methyl/N-ethyl adjacent to an activating group) is 1. The third kappa shape index (κ3) is 3.58. The van der Waals surface area contributed by atoms with Gasteiger partial charge in [-0.25, -0.2) is 4.98 Å². The fraction of sp³-hybridized carbons (Fsp3) is 0.500. The van der Waals surface area contributed by atoms with Crippen LogP contribution in [0.4, 0.5) is 0 Å². The lowest BCUT2D eigenvalue weighted by Gasteiger charge is -2.52. The number of carbonyl (C=O) groups is 3. The molecule has 10 heteroatoms. The Morgan fingerprint density at radius 2 is 2.14 bits per heavy atom. The van der Waals surface area contributed by atoms with E-state index in [0.717, 1.165) is 16.3 Å². The number of esters is 1. The van der Waals surface area contributed by atoms with Crippen molar-refractivity contribution >= 4 is 46.6 Å². The number of amides is 2. The van der Waals surface area contributed by atoms with Crippen molar-refractivity contribution in [2.75, 3.05) is 26.5 Å². The maximum Gasteiger partial charge on any atom is 0.302 e. The zero-order valence-electron chi connectivity index (χ0n) is 16.4. The van der Waals surface area contributed by atoms with Gasteiger partial charge in [-0.3, -0.25) is 24.3 Å². The number of hydrogen-bond acceptors (Lipinski definition) is 8. The van der Waals surface area contributed by atoms with E-state index in [1.165, 1.54) is 23.2 Å². The third-order valence-electron chi connectivity index (χ3n) is 4.79. The van der Waals surface area contributed by atoms with Crippen LogP contribution < -0.4 is 0 Å². The number of thioether (sulfide) groups is 1. The molecular formula is C18H22N4O4S2. The molecule has 0 unspecified atom stereocenters. The predicted molar refractivity (Wildman–Crippen MR) is 108 cm³/mol. The van der Waals surface area contributed by atoms with Gasteiger partial charge in [-0.05, 0) is 19.4 Å². The molecule has 2 atom stereocenters. The molecule has 0 saturated carbocycles. The largest absolute Gasteiger partial charge is 0.461 e. The number of nitrogens with zero attached hydrogens (tertiary/aromatic N) is 4. The number of carbonyl (C=O) groups excluding carboxylic acids is 3. The molecule has 2 aliphatic rings. The van der Waals surface area contributed by atoms with Crippen LogP contribution in [0.3, 0.4) is 0 Å². The molecule has 0 aromatic carbocycles. The summed E-state index contributed by atoms with van der Waals surface area (Å²) in [5.41, 5.74) is 2.49. The molecule has 28 heavy (non-hydrogen) atoms. The predicted octanol–water partition coefficient (Wildman–Crippen LogP) is 1.45. The van der Waals surface area contributed by atoms with E-state index in [1.807, 2.05) is 13.8 Å². The summed E-state index contributed by atoms with van der Waals surface area (Å²) in [6.45, 7) is 5.25. The fourth-order valence-corrected chi connectivity index (χ4v) is 5.36. The Morgan fingerprint density at radius 3 is 2.71 bits per heavy atom. The Balaban J connectivity index is 1.75. The average molecular weight is 423 g/mol. The van der Waals surface area contributed by atoms with Gasteiger partial charge >= 0.3 is 5.97 Å². The van der Waals surface area contributed by atoms with Crippen LogP contribution in [0.25, 0.3) is 0 Å². The minimum absolute atomic E-state index is 0.143. The number of aryl methyl sites for hydroxylation is 1. The van der Waals surface area contributed by atoms with Gasteiger partial charge in [-0.15, -0.1) is 23.1 Å². The van der Waals surface area contributed by atoms with E-state index in [1.54, 1.807) is 36.1 Å². The van der Waals surface area contributed by atoms with Crippen LogP contribution in [-0.2, 0) is 19.1 Å². The first-order valence-electron chi connectivity index (χ1n) is 8.69. The molecule has 1 aromatic rings. The second-order valence-corrected chi connectivity index (χ2v) is 8.73. The Bertz CT molecular complexity index is 892. The summed E-state index contributed by atoms with van der Waals surface area (Å²) in [6, 6.07) is -0.556. The molecule has 0 aliphatic carbocycles. The van der Waals surface area contributed by atoms with E-state index in [9.17, 15) is 14.4 Å². The molecule has 0 radical (unpaired) electrons. The molecule has 1 aromatic heterocycles. The number of rotatable bonds is 5. The highest BCUT2D eigenvalue weighted by atomic mass is 32.2. The molecule has 1 saturated heterocycles. The molecule has 3 rings (SSSR count). The van der Waals surface area contributed by atoms with Crippen LogP contribution in [0.5, 0.6) is 0 Å². The fourth-order valence-electron chi connectivity index (χ4n) is 3.21. The van der Waals surface area contributed by atoms with Crippen molar-refractivity contribution in [3.8, 4) is 0 Å². The van der Waals surface area contributed by atoms with Gasteiger partial charge in [-0.2, -0.15) is 0 Å². The van der Waals surface area contributed by atoms with Crippen molar-refractivity contribution in [1.29, 1.82) is 0 Å². The lowest BCUT2D eigenvalue weighted by Crippen LogP contribution is -2.70. The van der Waals surface area contributed by atoms with Crippen molar-refractivity contribution in [2.45, 2.75) is 32.2 Å². The van der Waals surface area contributed by atoms with Crippen molar-refractivity contribution in [3.05, 3.63) is 27.4 Å². The lowest BCUT2D eigenvalue weighted by molar-refractivity contribution is -0.153. The van der Waals surface area contributed by atoms with E-state index in [4.69, 9.17) is 4.74 Å². The second-order valence-electron chi connectivity index (χ2n) is 6.56. The normalized spacial score (nSPS) is 22.0. The van der Waals surface area contributed by atoms with Gasteiger partial charge in [0.15, 0.2) is 0 Å². The maximum absolute atomic E-state index is 13.0. The SMILES string of the molecule is CN=C(C(=O)N(C)[C@@H]1C(=O)N2C(C)=C(COC(C)=O)CS[C@H]12)c1csc(C)n1. The first kappa shape index (κ1) is 20.5.